The molecular formula is C17H34N2O. The van der Waals surface area contributed by atoms with Crippen molar-refractivity contribution in [3.63, 3.8) is 0 Å². The fourth-order valence-corrected chi connectivity index (χ4v) is 4.20. The fraction of sp³-hybridized carbons (Fsp3) is 1.00. The van der Waals surface area contributed by atoms with Crippen LogP contribution in [0.4, 0.5) is 0 Å². The molecular weight excluding hydrogens is 248 g/mol. The number of rotatable bonds is 6. The van der Waals surface area contributed by atoms with Crippen LogP contribution in [-0.2, 0) is 4.74 Å². The third-order valence-corrected chi connectivity index (χ3v) is 5.40. The molecule has 0 aromatic carbocycles. The molecule has 1 saturated carbocycles. The van der Waals surface area contributed by atoms with E-state index < -0.39 is 0 Å². The van der Waals surface area contributed by atoms with Crippen molar-refractivity contribution in [1.29, 1.82) is 0 Å². The molecule has 4 unspecified atom stereocenters. The van der Waals surface area contributed by atoms with E-state index >= 15 is 0 Å². The van der Waals surface area contributed by atoms with Crippen molar-refractivity contribution in [3.05, 3.63) is 0 Å². The van der Waals surface area contributed by atoms with Crippen molar-refractivity contribution >= 4 is 0 Å². The Morgan fingerprint density at radius 2 is 2.05 bits per heavy atom. The summed E-state index contributed by atoms with van der Waals surface area (Å²) in [4.78, 5) is 2.66. The summed E-state index contributed by atoms with van der Waals surface area (Å²) in [6, 6.07) is 0.727. The van der Waals surface area contributed by atoms with Gasteiger partial charge in [0, 0.05) is 25.7 Å². The highest BCUT2D eigenvalue weighted by Gasteiger charge is 2.31. The lowest BCUT2D eigenvalue weighted by atomic mass is 9.76. The summed E-state index contributed by atoms with van der Waals surface area (Å²) in [5.41, 5.74) is 0. The molecule has 0 radical (unpaired) electrons. The van der Waals surface area contributed by atoms with Crippen molar-refractivity contribution in [1.82, 2.24) is 10.2 Å². The van der Waals surface area contributed by atoms with Gasteiger partial charge in [0.2, 0.25) is 0 Å². The molecule has 1 aliphatic carbocycles. The highest BCUT2D eigenvalue weighted by molar-refractivity contribution is 4.87. The summed E-state index contributed by atoms with van der Waals surface area (Å²) in [7, 11) is 2.14. The minimum absolute atomic E-state index is 0.479. The molecule has 0 aromatic rings. The van der Waals surface area contributed by atoms with Crippen LogP contribution in [-0.4, -0.2) is 50.3 Å². The molecule has 20 heavy (non-hydrogen) atoms. The van der Waals surface area contributed by atoms with E-state index in [4.69, 9.17) is 4.74 Å². The SMILES string of the molecule is CCOC1CCCN(CC2CC(CC)CCC2NC)C1. The van der Waals surface area contributed by atoms with Gasteiger partial charge >= 0.3 is 0 Å². The lowest BCUT2D eigenvalue weighted by Gasteiger charge is -2.41. The second-order valence-corrected chi connectivity index (χ2v) is 6.72. The van der Waals surface area contributed by atoms with Crippen molar-refractivity contribution in [2.24, 2.45) is 11.8 Å². The molecule has 0 amide bonds. The summed E-state index contributed by atoms with van der Waals surface area (Å²) in [6.45, 7) is 9.02. The first-order valence-electron chi connectivity index (χ1n) is 8.78. The average Bonchev–Trinajstić information content (AvgIpc) is 2.48. The fourth-order valence-electron chi connectivity index (χ4n) is 4.20. The van der Waals surface area contributed by atoms with Crippen LogP contribution in [0.3, 0.4) is 0 Å². The first-order valence-corrected chi connectivity index (χ1v) is 8.78. The molecule has 1 N–H and O–H groups in total. The Morgan fingerprint density at radius 3 is 2.75 bits per heavy atom. The topological polar surface area (TPSA) is 24.5 Å². The summed E-state index contributed by atoms with van der Waals surface area (Å²) in [5, 5.41) is 3.57. The minimum Gasteiger partial charge on any atom is -0.377 e. The van der Waals surface area contributed by atoms with Crippen molar-refractivity contribution in [3.8, 4) is 0 Å². The van der Waals surface area contributed by atoms with Gasteiger partial charge in [-0.3, -0.25) is 0 Å². The van der Waals surface area contributed by atoms with Crippen LogP contribution in [0.1, 0.15) is 52.4 Å². The van der Waals surface area contributed by atoms with E-state index in [9.17, 15) is 0 Å². The molecule has 118 valence electrons. The van der Waals surface area contributed by atoms with Gasteiger partial charge in [-0.05, 0) is 64.5 Å². The van der Waals surface area contributed by atoms with Crippen molar-refractivity contribution < 1.29 is 4.74 Å². The van der Waals surface area contributed by atoms with Crippen LogP contribution in [0.15, 0.2) is 0 Å². The number of piperidine rings is 1. The van der Waals surface area contributed by atoms with E-state index in [0.717, 1.165) is 31.0 Å². The lowest BCUT2D eigenvalue weighted by Crippen LogP contribution is -2.48. The zero-order chi connectivity index (χ0) is 14.4. The van der Waals surface area contributed by atoms with Crippen LogP contribution in [0.25, 0.3) is 0 Å². The zero-order valence-corrected chi connectivity index (χ0v) is 13.7. The molecule has 3 heteroatoms. The summed E-state index contributed by atoms with van der Waals surface area (Å²) >= 11 is 0. The van der Waals surface area contributed by atoms with Crippen LogP contribution >= 0.6 is 0 Å². The van der Waals surface area contributed by atoms with Gasteiger partial charge in [0.05, 0.1) is 6.10 Å². The van der Waals surface area contributed by atoms with Crippen molar-refractivity contribution in [2.75, 3.05) is 33.3 Å². The molecule has 0 aromatic heterocycles. The Balaban J connectivity index is 1.85. The first kappa shape index (κ1) is 16.3. The quantitative estimate of drug-likeness (QED) is 0.811. The maximum atomic E-state index is 5.84. The number of ether oxygens (including phenoxy) is 1. The summed E-state index contributed by atoms with van der Waals surface area (Å²) in [6.07, 6.45) is 8.59. The van der Waals surface area contributed by atoms with Gasteiger partial charge in [0.15, 0.2) is 0 Å². The molecule has 1 heterocycles. The molecule has 1 saturated heterocycles. The third kappa shape index (κ3) is 4.44. The molecule has 4 atom stereocenters. The predicted molar refractivity (Wildman–Crippen MR) is 85.1 cm³/mol. The monoisotopic (exact) mass is 282 g/mol. The summed E-state index contributed by atoms with van der Waals surface area (Å²) in [5.74, 6) is 1.79. The zero-order valence-electron chi connectivity index (χ0n) is 13.7. The van der Waals surface area contributed by atoms with Crippen LogP contribution in [0.5, 0.6) is 0 Å². The molecule has 0 bridgehead atoms. The van der Waals surface area contributed by atoms with E-state index in [-0.39, 0.29) is 0 Å². The Kier molecular flexibility index (Phi) is 6.79. The average molecular weight is 282 g/mol. The second-order valence-electron chi connectivity index (χ2n) is 6.72. The van der Waals surface area contributed by atoms with Crippen LogP contribution in [0.2, 0.25) is 0 Å². The van der Waals surface area contributed by atoms with Gasteiger partial charge < -0.3 is 15.0 Å². The van der Waals surface area contributed by atoms with E-state index in [1.54, 1.807) is 0 Å². The van der Waals surface area contributed by atoms with Crippen LogP contribution in [0, 0.1) is 11.8 Å². The standard InChI is InChI=1S/C17H34N2O/c1-4-14-8-9-17(18-3)15(11-14)12-19-10-6-7-16(13-19)20-5-2/h14-18H,4-13H2,1-3H3. The Bertz CT molecular complexity index is 270. The maximum absolute atomic E-state index is 5.84. The summed E-state index contributed by atoms with van der Waals surface area (Å²) < 4.78 is 5.84. The molecule has 0 spiro atoms. The Morgan fingerprint density at radius 1 is 1.20 bits per heavy atom. The van der Waals surface area contributed by atoms with E-state index in [0.29, 0.717) is 6.10 Å². The molecule has 2 fully saturated rings. The lowest BCUT2D eigenvalue weighted by molar-refractivity contribution is -0.00296. The van der Waals surface area contributed by atoms with Crippen LogP contribution < -0.4 is 5.32 Å². The van der Waals surface area contributed by atoms with Gasteiger partial charge in [-0.15, -0.1) is 0 Å². The van der Waals surface area contributed by atoms with Gasteiger partial charge in [-0.1, -0.05) is 13.3 Å². The molecule has 2 aliphatic rings. The van der Waals surface area contributed by atoms with E-state index in [1.165, 1.54) is 51.6 Å². The number of likely N-dealkylation sites (tertiary alicyclic amines) is 1. The number of hydrogen-bond donors (Lipinski definition) is 1. The van der Waals surface area contributed by atoms with Gasteiger partial charge in [0.1, 0.15) is 0 Å². The third-order valence-electron chi connectivity index (χ3n) is 5.40. The van der Waals surface area contributed by atoms with Gasteiger partial charge in [-0.2, -0.15) is 0 Å². The maximum Gasteiger partial charge on any atom is 0.0702 e. The van der Waals surface area contributed by atoms with Crippen molar-refractivity contribution in [2.45, 2.75) is 64.5 Å². The van der Waals surface area contributed by atoms with Gasteiger partial charge in [-0.25, -0.2) is 0 Å². The molecule has 2 rings (SSSR count). The molecule has 3 nitrogen and oxygen atoms in total. The number of hydrogen-bond acceptors (Lipinski definition) is 3. The second kappa shape index (κ2) is 8.35. The van der Waals surface area contributed by atoms with E-state index in [2.05, 4.69) is 31.1 Å². The highest BCUT2D eigenvalue weighted by Crippen LogP contribution is 2.32. The molecule has 1 aliphatic heterocycles. The van der Waals surface area contributed by atoms with E-state index in [1.807, 2.05) is 0 Å². The normalized spacial score (nSPS) is 36.1. The predicted octanol–water partition coefficient (Wildman–Crippen LogP) is 2.90. The number of nitrogens with one attached hydrogen (secondary N) is 1. The van der Waals surface area contributed by atoms with Gasteiger partial charge in [0.25, 0.3) is 0 Å². The highest BCUT2D eigenvalue weighted by atomic mass is 16.5. The largest absolute Gasteiger partial charge is 0.377 e. The Labute approximate surface area is 125 Å². The number of nitrogens with zero attached hydrogens (tertiary/aromatic N) is 1. The first-order chi connectivity index (χ1) is 9.76. The minimum atomic E-state index is 0.479. The Hall–Kier alpha value is -0.120. The smallest absolute Gasteiger partial charge is 0.0702 e.